The highest BCUT2D eigenvalue weighted by Crippen LogP contribution is 2.19. The Hall–Kier alpha value is -1.38. The molecule has 1 atom stereocenters. The molecule has 19 heavy (non-hydrogen) atoms. The van der Waals surface area contributed by atoms with Gasteiger partial charge in [-0.1, -0.05) is 48.0 Å². The van der Waals surface area contributed by atoms with Crippen molar-refractivity contribution in [1.29, 1.82) is 0 Å². The molecule has 2 rings (SSSR count). The molecule has 0 aliphatic heterocycles. The Labute approximate surface area is 118 Å². The van der Waals surface area contributed by atoms with Crippen molar-refractivity contribution in [2.75, 3.05) is 0 Å². The Morgan fingerprint density at radius 2 is 1.84 bits per heavy atom. The highest BCUT2D eigenvalue weighted by atomic mass is 35.5. The van der Waals surface area contributed by atoms with E-state index in [1.54, 1.807) is 6.07 Å². The lowest BCUT2D eigenvalue weighted by molar-refractivity contribution is 0.605. The second-order valence-electron chi connectivity index (χ2n) is 4.72. The molecule has 1 nitrogen and oxygen atoms in total. The van der Waals surface area contributed by atoms with E-state index in [4.69, 9.17) is 17.3 Å². The SMILES string of the molecule is NC(CCc1ccccc1)Cc1ccc(F)cc1Cl. The lowest BCUT2D eigenvalue weighted by Gasteiger charge is -2.12. The van der Waals surface area contributed by atoms with Gasteiger partial charge in [0.1, 0.15) is 5.82 Å². The first-order valence-corrected chi connectivity index (χ1v) is 6.76. The quantitative estimate of drug-likeness (QED) is 0.879. The molecular formula is C16H17ClFN. The lowest BCUT2D eigenvalue weighted by atomic mass is 10.00. The molecule has 2 N–H and O–H groups in total. The number of rotatable bonds is 5. The maximum atomic E-state index is 12.9. The molecule has 0 bridgehead atoms. The average molecular weight is 278 g/mol. The van der Waals surface area contributed by atoms with Gasteiger partial charge >= 0.3 is 0 Å². The summed E-state index contributed by atoms with van der Waals surface area (Å²) in [5.74, 6) is -0.313. The van der Waals surface area contributed by atoms with Crippen LogP contribution in [0.5, 0.6) is 0 Å². The van der Waals surface area contributed by atoms with E-state index < -0.39 is 0 Å². The fourth-order valence-corrected chi connectivity index (χ4v) is 2.31. The summed E-state index contributed by atoms with van der Waals surface area (Å²) in [6.45, 7) is 0. The van der Waals surface area contributed by atoms with E-state index in [1.807, 2.05) is 18.2 Å². The predicted octanol–water partition coefficient (Wildman–Crippen LogP) is 3.98. The number of aryl methyl sites for hydroxylation is 1. The van der Waals surface area contributed by atoms with Crippen LogP contribution in [0, 0.1) is 5.82 Å². The van der Waals surface area contributed by atoms with Gasteiger partial charge in [-0.25, -0.2) is 4.39 Å². The van der Waals surface area contributed by atoms with E-state index in [0.29, 0.717) is 11.4 Å². The highest BCUT2D eigenvalue weighted by Gasteiger charge is 2.08. The number of hydrogen-bond donors (Lipinski definition) is 1. The molecule has 3 heteroatoms. The van der Waals surface area contributed by atoms with E-state index in [2.05, 4.69) is 12.1 Å². The Balaban J connectivity index is 1.89. The van der Waals surface area contributed by atoms with Crippen LogP contribution < -0.4 is 5.73 Å². The van der Waals surface area contributed by atoms with Gasteiger partial charge in [-0.3, -0.25) is 0 Å². The maximum absolute atomic E-state index is 12.9. The number of hydrogen-bond acceptors (Lipinski definition) is 1. The molecule has 0 aliphatic carbocycles. The minimum absolute atomic E-state index is 0.0307. The topological polar surface area (TPSA) is 26.0 Å². The monoisotopic (exact) mass is 277 g/mol. The molecule has 100 valence electrons. The van der Waals surface area contributed by atoms with Crippen LogP contribution in [-0.2, 0) is 12.8 Å². The first kappa shape index (κ1) is 14.0. The molecule has 0 saturated heterocycles. The fraction of sp³-hybridized carbons (Fsp3) is 0.250. The van der Waals surface area contributed by atoms with Gasteiger partial charge < -0.3 is 5.73 Å². The zero-order valence-corrected chi connectivity index (χ0v) is 11.4. The minimum atomic E-state index is -0.313. The van der Waals surface area contributed by atoms with E-state index in [1.165, 1.54) is 17.7 Å². The minimum Gasteiger partial charge on any atom is -0.327 e. The van der Waals surface area contributed by atoms with Gasteiger partial charge in [0.2, 0.25) is 0 Å². The Morgan fingerprint density at radius 1 is 1.11 bits per heavy atom. The van der Waals surface area contributed by atoms with Crippen molar-refractivity contribution < 1.29 is 4.39 Å². The molecule has 2 aromatic carbocycles. The summed E-state index contributed by atoms with van der Waals surface area (Å²) in [4.78, 5) is 0. The van der Waals surface area contributed by atoms with Crippen molar-refractivity contribution in [1.82, 2.24) is 0 Å². The van der Waals surface area contributed by atoms with Crippen LogP contribution in [0.4, 0.5) is 4.39 Å². The van der Waals surface area contributed by atoms with Crippen molar-refractivity contribution in [3.05, 3.63) is 70.5 Å². The first-order chi connectivity index (χ1) is 9.15. The Morgan fingerprint density at radius 3 is 2.53 bits per heavy atom. The second-order valence-corrected chi connectivity index (χ2v) is 5.13. The van der Waals surface area contributed by atoms with Crippen LogP contribution in [0.15, 0.2) is 48.5 Å². The van der Waals surface area contributed by atoms with Gasteiger partial charge in [0.05, 0.1) is 0 Å². The van der Waals surface area contributed by atoms with Crippen LogP contribution in [0.25, 0.3) is 0 Å². The molecule has 1 unspecified atom stereocenters. The summed E-state index contributed by atoms with van der Waals surface area (Å²) >= 11 is 6.00. The van der Waals surface area contributed by atoms with Crippen molar-refractivity contribution in [3.8, 4) is 0 Å². The van der Waals surface area contributed by atoms with E-state index in [9.17, 15) is 4.39 Å². The van der Waals surface area contributed by atoms with Gasteiger partial charge in [-0.2, -0.15) is 0 Å². The standard InChI is InChI=1S/C16H17ClFN/c17-16-11-14(18)8-7-13(16)10-15(19)9-6-12-4-2-1-3-5-12/h1-5,7-8,11,15H,6,9-10,19H2. The second kappa shape index (κ2) is 6.69. The van der Waals surface area contributed by atoms with Gasteiger partial charge in [-0.15, -0.1) is 0 Å². The number of benzene rings is 2. The summed E-state index contributed by atoms with van der Waals surface area (Å²) in [5.41, 5.74) is 8.29. The van der Waals surface area contributed by atoms with Gasteiger partial charge in [0.25, 0.3) is 0 Å². The molecule has 0 aliphatic rings. The van der Waals surface area contributed by atoms with Crippen molar-refractivity contribution in [2.45, 2.75) is 25.3 Å². The lowest BCUT2D eigenvalue weighted by Crippen LogP contribution is -2.23. The van der Waals surface area contributed by atoms with E-state index >= 15 is 0 Å². The normalized spacial score (nSPS) is 12.4. The summed E-state index contributed by atoms with van der Waals surface area (Å²) in [6.07, 6.45) is 2.50. The molecule has 2 aromatic rings. The average Bonchev–Trinajstić information content (AvgIpc) is 2.41. The van der Waals surface area contributed by atoms with Gasteiger partial charge in [-0.05, 0) is 42.5 Å². The van der Waals surface area contributed by atoms with Gasteiger partial charge in [0, 0.05) is 11.1 Å². The maximum Gasteiger partial charge on any atom is 0.124 e. The van der Waals surface area contributed by atoms with E-state index in [0.717, 1.165) is 18.4 Å². The summed E-state index contributed by atoms with van der Waals surface area (Å²) in [5, 5.41) is 0.454. The van der Waals surface area contributed by atoms with Crippen LogP contribution in [0.3, 0.4) is 0 Å². The fourth-order valence-electron chi connectivity index (χ4n) is 2.07. The summed E-state index contributed by atoms with van der Waals surface area (Å²) in [6, 6.07) is 14.7. The van der Waals surface area contributed by atoms with Gasteiger partial charge in [0.15, 0.2) is 0 Å². The third-order valence-electron chi connectivity index (χ3n) is 3.14. The molecule has 0 amide bonds. The zero-order valence-electron chi connectivity index (χ0n) is 10.7. The molecule has 0 heterocycles. The van der Waals surface area contributed by atoms with Crippen LogP contribution in [0.1, 0.15) is 17.5 Å². The summed E-state index contributed by atoms with van der Waals surface area (Å²) in [7, 11) is 0. The van der Waals surface area contributed by atoms with Crippen LogP contribution in [0.2, 0.25) is 5.02 Å². The molecular weight excluding hydrogens is 261 g/mol. The highest BCUT2D eigenvalue weighted by molar-refractivity contribution is 6.31. The molecule has 0 aromatic heterocycles. The Bertz CT molecular complexity index is 528. The van der Waals surface area contributed by atoms with Crippen LogP contribution in [-0.4, -0.2) is 6.04 Å². The predicted molar refractivity (Wildman–Crippen MR) is 77.9 cm³/mol. The molecule has 0 fully saturated rings. The smallest absolute Gasteiger partial charge is 0.124 e. The number of nitrogens with two attached hydrogens (primary N) is 1. The molecule has 0 radical (unpaired) electrons. The Kier molecular flexibility index (Phi) is 4.94. The van der Waals surface area contributed by atoms with Crippen molar-refractivity contribution in [3.63, 3.8) is 0 Å². The van der Waals surface area contributed by atoms with Crippen molar-refractivity contribution >= 4 is 11.6 Å². The summed E-state index contributed by atoms with van der Waals surface area (Å²) < 4.78 is 12.9. The van der Waals surface area contributed by atoms with Crippen molar-refractivity contribution in [2.24, 2.45) is 5.73 Å². The third-order valence-corrected chi connectivity index (χ3v) is 3.50. The number of halogens is 2. The largest absolute Gasteiger partial charge is 0.327 e. The first-order valence-electron chi connectivity index (χ1n) is 6.38. The van der Waals surface area contributed by atoms with Crippen LogP contribution >= 0.6 is 11.6 Å². The van der Waals surface area contributed by atoms with E-state index in [-0.39, 0.29) is 11.9 Å². The third kappa shape index (κ3) is 4.34. The molecule has 0 saturated carbocycles. The molecule has 0 spiro atoms. The zero-order chi connectivity index (χ0) is 13.7.